The molecule has 148 valence electrons. The average Bonchev–Trinajstić information content (AvgIpc) is 2.67. The van der Waals surface area contributed by atoms with Crippen LogP contribution >= 0.6 is 0 Å². The van der Waals surface area contributed by atoms with E-state index in [1.165, 1.54) is 12.1 Å². The molecule has 1 aliphatic heterocycles. The number of nitrogens with one attached hydrogen (secondary N) is 2. The number of hydrogen-bond acceptors (Lipinski definition) is 2. The molecular weight excluding hydrogens is 357 g/mol. The Morgan fingerprint density at radius 2 is 1.86 bits per heavy atom. The van der Waals surface area contributed by atoms with Crippen molar-refractivity contribution >= 4 is 17.6 Å². The van der Waals surface area contributed by atoms with Crippen LogP contribution < -0.4 is 10.6 Å². The van der Waals surface area contributed by atoms with Crippen molar-refractivity contribution in [3.05, 3.63) is 65.0 Å². The molecule has 3 amide bonds. The zero-order valence-corrected chi connectivity index (χ0v) is 16.3. The van der Waals surface area contributed by atoms with Gasteiger partial charge in [-0.1, -0.05) is 19.9 Å². The molecule has 0 fully saturated rings. The number of benzene rings is 2. The maximum atomic E-state index is 13.4. The summed E-state index contributed by atoms with van der Waals surface area (Å²) in [6.45, 7) is 5.84. The molecule has 0 saturated heterocycles. The molecule has 6 heteroatoms. The van der Waals surface area contributed by atoms with Crippen molar-refractivity contribution in [2.75, 3.05) is 18.4 Å². The second-order valence-corrected chi connectivity index (χ2v) is 7.53. The van der Waals surface area contributed by atoms with Gasteiger partial charge in [-0.15, -0.1) is 0 Å². The summed E-state index contributed by atoms with van der Waals surface area (Å²) in [5.74, 6) is 0.132. The number of urea groups is 1. The Bertz CT molecular complexity index is 849. The summed E-state index contributed by atoms with van der Waals surface area (Å²) in [7, 11) is 0. The Morgan fingerprint density at radius 3 is 2.57 bits per heavy atom. The molecule has 28 heavy (non-hydrogen) atoms. The van der Waals surface area contributed by atoms with E-state index in [0.717, 1.165) is 17.5 Å². The normalized spacial score (nSPS) is 13.2. The quantitative estimate of drug-likeness (QED) is 0.813. The minimum atomic E-state index is -0.289. The van der Waals surface area contributed by atoms with Gasteiger partial charge in [-0.25, -0.2) is 9.18 Å². The van der Waals surface area contributed by atoms with Crippen LogP contribution in [-0.2, 0) is 13.0 Å². The monoisotopic (exact) mass is 383 g/mol. The van der Waals surface area contributed by atoms with Crippen LogP contribution in [0.1, 0.15) is 41.8 Å². The van der Waals surface area contributed by atoms with Crippen LogP contribution in [0.4, 0.5) is 14.9 Å². The van der Waals surface area contributed by atoms with Crippen molar-refractivity contribution in [3.63, 3.8) is 0 Å². The van der Waals surface area contributed by atoms with E-state index < -0.39 is 0 Å². The first kappa shape index (κ1) is 19.9. The second kappa shape index (κ2) is 8.87. The van der Waals surface area contributed by atoms with Gasteiger partial charge in [-0.2, -0.15) is 0 Å². The maximum Gasteiger partial charge on any atom is 0.322 e. The van der Waals surface area contributed by atoms with Crippen molar-refractivity contribution in [2.24, 2.45) is 5.92 Å². The average molecular weight is 383 g/mol. The minimum Gasteiger partial charge on any atom is -0.352 e. The predicted molar refractivity (Wildman–Crippen MR) is 108 cm³/mol. The summed E-state index contributed by atoms with van der Waals surface area (Å²) >= 11 is 0. The lowest BCUT2D eigenvalue weighted by Gasteiger charge is -2.29. The molecule has 2 aromatic rings. The van der Waals surface area contributed by atoms with E-state index in [1.54, 1.807) is 35.2 Å². The molecule has 0 unspecified atom stereocenters. The predicted octanol–water partition coefficient (Wildman–Crippen LogP) is 4.19. The third-order valence-electron chi connectivity index (χ3n) is 4.87. The number of hydrogen-bond donors (Lipinski definition) is 2. The standard InChI is InChI=1S/C22H26FN3O2/c1-15(2)9-11-24-21(27)17-4-7-20(8-5-17)25-22(28)26-12-10-16-3-6-19(23)13-18(16)14-26/h3-8,13,15H,9-12,14H2,1-2H3,(H,24,27)(H,25,28). The van der Waals surface area contributed by atoms with Gasteiger partial charge in [0.25, 0.3) is 5.91 Å². The fourth-order valence-corrected chi connectivity index (χ4v) is 3.18. The third-order valence-corrected chi connectivity index (χ3v) is 4.87. The van der Waals surface area contributed by atoms with Crippen molar-refractivity contribution in [3.8, 4) is 0 Å². The van der Waals surface area contributed by atoms with Crippen LogP contribution in [0.5, 0.6) is 0 Å². The lowest BCUT2D eigenvalue weighted by Crippen LogP contribution is -2.38. The number of carbonyl (C=O) groups is 2. The molecular formula is C22H26FN3O2. The van der Waals surface area contributed by atoms with Gasteiger partial charge in [0.15, 0.2) is 0 Å². The van der Waals surface area contributed by atoms with Crippen LogP contribution in [0.2, 0.25) is 0 Å². The van der Waals surface area contributed by atoms with Crippen LogP contribution in [0.15, 0.2) is 42.5 Å². The number of carbonyl (C=O) groups excluding carboxylic acids is 2. The highest BCUT2D eigenvalue weighted by Crippen LogP contribution is 2.21. The molecule has 0 saturated carbocycles. The summed E-state index contributed by atoms with van der Waals surface area (Å²) in [5.41, 5.74) is 3.10. The van der Waals surface area contributed by atoms with Gasteiger partial charge >= 0.3 is 6.03 Å². The van der Waals surface area contributed by atoms with E-state index >= 15 is 0 Å². The van der Waals surface area contributed by atoms with E-state index in [0.29, 0.717) is 43.2 Å². The van der Waals surface area contributed by atoms with Gasteiger partial charge in [-0.05, 0) is 66.3 Å². The molecule has 1 heterocycles. The van der Waals surface area contributed by atoms with Gasteiger partial charge in [-0.3, -0.25) is 4.79 Å². The first-order valence-corrected chi connectivity index (χ1v) is 9.64. The first-order chi connectivity index (χ1) is 13.4. The van der Waals surface area contributed by atoms with Crippen LogP contribution in [-0.4, -0.2) is 29.9 Å². The topological polar surface area (TPSA) is 61.4 Å². The molecule has 1 aliphatic rings. The van der Waals surface area contributed by atoms with E-state index in [9.17, 15) is 14.0 Å². The van der Waals surface area contributed by atoms with Crippen molar-refractivity contribution in [1.82, 2.24) is 10.2 Å². The Morgan fingerprint density at radius 1 is 1.11 bits per heavy atom. The number of rotatable bonds is 5. The number of halogens is 1. The van der Waals surface area contributed by atoms with Crippen molar-refractivity contribution < 1.29 is 14.0 Å². The SMILES string of the molecule is CC(C)CCNC(=O)c1ccc(NC(=O)N2CCc3ccc(F)cc3C2)cc1. The minimum absolute atomic E-state index is 0.117. The second-order valence-electron chi connectivity index (χ2n) is 7.53. The molecule has 0 atom stereocenters. The fraction of sp³-hybridized carbons (Fsp3) is 0.364. The molecule has 0 aromatic heterocycles. The largest absolute Gasteiger partial charge is 0.352 e. The zero-order chi connectivity index (χ0) is 20.1. The van der Waals surface area contributed by atoms with Gasteiger partial charge in [0.1, 0.15) is 5.82 Å². The van der Waals surface area contributed by atoms with Crippen LogP contribution in [0, 0.1) is 11.7 Å². The summed E-state index contributed by atoms with van der Waals surface area (Å²) in [5, 5.41) is 5.73. The first-order valence-electron chi connectivity index (χ1n) is 9.64. The lowest BCUT2D eigenvalue weighted by molar-refractivity contribution is 0.0952. The Balaban J connectivity index is 1.55. The Kier molecular flexibility index (Phi) is 6.29. The highest BCUT2D eigenvalue weighted by atomic mass is 19.1. The zero-order valence-electron chi connectivity index (χ0n) is 16.3. The third kappa shape index (κ3) is 5.09. The van der Waals surface area contributed by atoms with E-state index in [4.69, 9.17) is 0 Å². The van der Waals surface area contributed by atoms with Crippen molar-refractivity contribution in [1.29, 1.82) is 0 Å². The molecule has 0 spiro atoms. The fourth-order valence-electron chi connectivity index (χ4n) is 3.18. The number of nitrogens with zero attached hydrogens (tertiary/aromatic N) is 1. The smallest absolute Gasteiger partial charge is 0.322 e. The van der Waals surface area contributed by atoms with Gasteiger partial charge in [0.2, 0.25) is 0 Å². The highest BCUT2D eigenvalue weighted by Gasteiger charge is 2.21. The molecule has 0 bridgehead atoms. The summed E-state index contributed by atoms with van der Waals surface area (Å²) in [4.78, 5) is 26.3. The molecule has 2 N–H and O–H groups in total. The maximum absolute atomic E-state index is 13.4. The van der Waals surface area contributed by atoms with Gasteiger partial charge < -0.3 is 15.5 Å². The number of fused-ring (bicyclic) bond motifs is 1. The number of amides is 3. The molecule has 0 aliphatic carbocycles. The Labute approximate surface area is 164 Å². The molecule has 2 aromatic carbocycles. The highest BCUT2D eigenvalue weighted by molar-refractivity contribution is 5.95. The molecule has 5 nitrogen and oxygen atoms in total. The molecule has 0 radical (unpaired) electrons. The van der Waals surface area contributed by atoms with Crippen molar-refractivity contribution in [2.45, 2.75) is 33.2 Å². The van der Waals surface area contributed by atoms with Gasteiger partial charge in [0, 0.05) is 30.9 Å². The van der Waals surface area contributed by atoms with Gasteiger partial charge in [0.05, 0.1) is 0 Å². The van der Waals surface area contributed by atoms with E-state index in [-0.39, 0.29) is 17.8 Å². The summed E-state index contributed by atoms with van der Waals surface area (Å²) in [6.07, 6.45) is 1.64. The summed E-state index contributed by atoms with van der Waals surface area (Å²) < 4.78 is 13.4. The van der Waals surface area contributed by atoms with Crippen LogP contribution in [0.3, 0.4) is 0 Å². The van der Waals surface area contributed by atoms with E-state index in [2.05, 4.69) is 24.5 Å². The number of anilines is 1. The summed E-state index contributed by atoms with van der Waals surface area (Å²) in [6, 6.07) is 11.3. The lowest BCUT2D eigenvalue weighted by atomic mass is 10.00. The van der Waals surface area contributed by atoms with E-state index in [1.807, 2.05) is 0 Å². The molecule has 3 rings (SSSR count). The Hall–Kier alpha value is -2.89. The van der Waals surface area contributed by atoms with Crippen LogP contribution in [0.25, 0.3) is 0 Å².